The maximum atomic E-state index is 12.9. The van der Waals surface area contributed by atoms with Gasteiger partial charge in [-0.1, -0.05) is 36.4 Å². The van der Waals surface area contributed by atoms with Crippen LogP contribution >= 0.6 is 8.58 Å². The molecule has 3 rings (SSSR count). The lowest BCUT2D eigenvalue weighted by atomic mass is 9.95. The first kappa shape index (κ1) is 18.4. The van der Waals surface area contributed by atoms with Gasteiger partial charge in [-0.2, -0.15) is 0 Å². The highest BCUT2D eigenvalue weighted by Crippen LogP contribution is 2.28. The fraction of sp³-hybridized carbons (Fsp3) is 0.174. The van der Waals surface area contributed by atoms with Crippen LogP contribution in [0.3, 0.4) is 0 Å². The highest BCUT2D eigenvalue weighted by Gasteiger charge is 2.16. The van der Waals surface area contributed by atoms with E-state index in [1.165, 1.54) is 11.1 Å². The summed E-state index contributed by atoms with van der Waals surface area (Å²) in [6.07, 6.45) is 0. The SMILES string of the molecule is Cc1cc(C)c(C(=O)Pc2ccc(Oc3ccccc3)cc2)c(C)c1C. The molecule has 0 aliphatic rings. The van der Waals surface area contributed by atoms with E-state index in [0.717, 1.165) is 33.5 Å². The topological polar surface area (TPSA) is 26.3 Å². The third-order valence-corrected chi connectivity index (χ3v) is 5.77. The summed E-state index contributed by atoms with van der Waals surface area (Å²) in [6.45, 7) is 8.24. The number of carbonyl (C=O) groups is 1. The van der Waals surface area contributed by atoms with Gasteiger partial charge in [0.2, 0.25) is 0 Å². The van der Waals surface area contributed by atoms with Crippen molar-refractivity contribution in [1.82, 2.24) is 0 Å². The van der Waals surface area contributed by atoms with Crippen molar-refractivity contribution in [1.29, 1.82) is 0 Å². The van der Waals surface area contributed by atoms with Crippen molar-refractivity contribution >= 4 is 19.4 Å². The molecule has 0 bridgehead atoms. The summed E-state index contributed by atoms with van der Waals surface area (Å²) in [5.41, 5.74) is 5.67. The molecular weight excluding hydrogens is 339 g/mol. The summed E-state index contributed by atoms with van der Waals surface area (Å²) < 4.78 is 5.81. The van der Waals surface area contributed by atoms with E-state index >= 15 is 0 Å². The number of aryl methyl sites for hydroxylation is 2. The molecule has 0 aromatic heterocycles. The standard InChI is InChI=1S/C23H23O2P/c1-15-14-16(2)22(18(4)17(15)3)23(24)26-21-12-10-20(11-13-21)25-19-8-6-5-7-9-19/h5-14,26H,1-4H3. The molecule has 3 heteroatoms. The number of para-hydroxylation sites is 1. The molecular formula is C23H23O2P. The zero-order chi connectivity index (χ0) is 18.7. The van der Waals surface area contributed by atoms with Crippen LogP contribution < -0.4 is 10.0 Å². The number of ether oxygens (including phenoxy) is 1. The predicted molar refractivity (Wildman–Crippen MR) is 111 cm³/mol. The minimum absolute atomic E-state index is 0.111. The molecule has 0 radical (unpaired) electrons. The second-order valence-electron chi connectivity index (χ2n) is 6.53. The average Bonchev–Trinajstić information content (AvgIpc) is 2.62. The van der Waals surface area contributed by atoms with E-state index in [4.69, 9.17) is 4.74 Å². The summed E-state index contributed by atoms with van der Waals surface area (Å²) in [4.78, 5) is 12.9. The Kier molecular flexibility index (Phi) is 5.54. The van der Waals surface area contributed by atoms with Crippen LogP contribution in [0, 0.1) is 27.7 Å². The molecule has 26 heavy (non-hydrogen) atoms. The fourth-order valence-corrected chi connectivity index (χ4v) is 4.16. The smallest absolute Gasteiger partial charge is 0.186 e. The Morgan fingerprint density at radius 2 is 1.38 bits per heavy atom. The quantitative estimate of drug-likeness (QED) is 0.532. The van der Waals surface area contributed by atoms with Gasteiger partial charge in [0.25, 0.3) is 0 Å². The van der Waals surface area contributed by atoms with Crippen molar-refractivity contribution in [2.75, 3.05) is 0 Å². The number of carbonyl (C=O) groups excluding carboxylic acids is 1. The Balaban J connectivity index is 1.75. The van der Waals surface area contributed by atoms with E-state index in [1.807, 2.05) is 68.4 Å². The highest BCUT2D eigenvalue weighted by molar-refractivity contribution is 7.66. The summed E-state index contributed by atoms with van der Waals surface area (Å²) >= 11 is 0. The van der Waals surface area contributed by atoms with Crippen molar-refractivity contribution in [3.05, 3.63) is 88.5 Å². The lowest BCUT2D eigenvalue weighted by molar-refractivity contribution is 0.108. The van der Waals surface area contributed by atoms with Crippen molar-refractivity contribution in [2.24, 2.45) is 0 Å². The first-order valence-electron chi connectivity index (χ1n) is 8.67. The van der Waals surface area contributed by atoms with Gasteiger partial charge in [0.15, 0.2) is 5.52 Å². The second kappa shape index (κ2) is 7.85. The highest BCUT2D eigenvalue weighted by atomic mass is 31.1. The van der Waals surface area contributed by atoms with Crippen LogP contribution in [0.25, 0.3) is 0 Å². The van der Waals surface area contributed by atoms with Crippen LogP contribution in [0.5, 0.6) is 11.5 Å². The molecule has 132 valence electrons. The van der Waals surface area contributed by atoms with Crippen LogP contribution in [0.1, 0.15) is 32.6 Å². The Bertz CT molecular complexity index is 929. The summed E-state index contributed by atoms with van der Waals surface area (Å²) in [5, 5.41) is 1.02. The Morgan fingerprint density at radius 3 is 2.04 bits per heavy atom. The normalized spacial score (nSPS) is 11.1. The first-order chi connectivity index (χ1) is 12.5. The third kappa shape index (κ3) is 4.03. The van der Waals surface area contributed by atoms with E-state index in [1.54, 1.807) is 0 Å². The van der Waals surface area contributed by atoms with Gasteiger partial charge in [-0.25, -0.2) is 0 Å². The van der Waals surface area contributed by atoms with Crippen LogP contribution in [-0.2, 0) is 0 Å². The summed E-state index contributed by atoms with van der Waals surface area (Å²) in [7, 11) is 0.111. The molecule has 0 fully saturated rings. The van der Waals surface area contributed by atoms with Gasteiger partial charge in [-0.3, -0.25) is 4.79 Å². The Morgan fingerprint density at radius 1 is 0.769 bits per heavy atom. The van der Waals surface area contributed by atoms with Crippen LogP contribution in [0.2, 0.25) is 0 Å². The summed E-state index contributed by atoms with van der Waals surface area (Å²) in [6, 6.07) is 19.6. The van der Waals surface area contributed by atoms with Gasteiger partial charge < -0.3 is 4.74 Å². The lowest BCUT2D eigenvalue weighted by Gasteiger charge is -2.14. The molecule has 0 saturated heterocycles. The van der Waals surface area contributed by atoms with Crippen molar-refractivity contribution in [2.45, 2.75) is 27.7 Å². The van der Waals surface area contributed by atoms with Crippen molar-refractivity contribution in [3.63, 3.8) is 0 Å². The van der Waals surface area contributed by atoms with Crippen molar-refractivity contribution in [3.8, 4) is 11.5 Å². The van der Waals surface area contributed by atoms with Gasteiger partial charge in [-0.05, 0) is 88.1 Å². The zero-order valence-electron chi connectivity index (χ0n) is 15.6. The second-order valence-corrected chi connectivity index (χ2v) is 7.81. The molecule has 0 aliphatic carbocycles. The largest absolute Gasteiger partial charge is 0.457 e. The molecule has 0 saturated carbocycles. The molecule has 0 spiro atoms. The molecule has 0 amide bonds. The minimum atomic E-state index is 0.111. The predicted octanol–water partition coefficient (Wildman–Crippen LogP) is 5.86. The van der Waals surface area contributed by atoms with Crippen LogP contribution in [-0.4, -0.2) is 5.52 Å². The van der Waals surface area contributed by atoms with Crippen molar-refractivity contribution < 1.29 is 9.53 Å². The van der Waals surface area contributed by atoms with E-state index in [-0.39, 0.29) is 14.1 Å². The maximum absolute atomic E-state index is 12.9. The molecule has 0 N–H and O–H groups in total. The van der Waals surface area contributed by atoms with Gasteiger partial charge in [0, 0.05) is 5.56 Å². The molecule has 0 aliphatic heterocycles. The average molecular weight is 362 g/mol. The fourth-order valence-electron chi connectivity index (χ4n) is 3.06. The van der Waals surface area contributed by atoms with Gasteiger partial charge in [-0.15, -0.1) is 0 Å². The Labute approximate surface area is 157 Å². The van der Waals surface area contributed by atoms with Gasteiger partial charge in [0.05, 0.1) is 0 Å². The minimum Gasteiger partial charge on any atom is -0.457 e. The molecule has 1 atom stereocenters. The Hall–Kier alpha value is -2.44. The van der Waals surface area contributed by atoms with E-state index < -0.39 is 0 Å². The maximum Gasteiger partial charge on any atom is 0.186 e. The van der Waals surface area contributed by atoms with Gasteiger partial charge >= 0.3 is 0 Å². The van der Waals surface area contributed by atoms with E-state index in [0.29, 0.717) is 0 Å². The molecule has 0 heterocycles. The molecule has 3 aromatic rings. The third-order valence-electron chi connectivity index (χ3n) is 4.67. The molecule has 2 nitrogen and oxygen atoms in total. The molecule has 3 aromatic carbocycles. The van der Waals surface area contributed by atoms with E-state index in [9.17, 15) is 4.79 Å². The monoisotopic (exact) mass is 362 g/mol. The summed E-state index contributed by atoms with van der Waals surface area (Å²) in [5.74, 6) is 1.58. The molecule has 1 unspecified atom stereocenters. The van der Waals surface area contributed by atoms with Crippen LogP contribution in [0.4, 0.5) is 0 Å². The number of hydrogen-bond acceptors (Lipinski definition) is 2. The number of hydrogen-bond donors (Lipinski definition) is 0. The zero-order valence-corrected chi connectivity index (χ0v) is 16.6. The lowest BCUT2D eigenvalue weighted by Crippen LogP contribution is -2.06. The number of benzene rings is 3. The van der Waals surface area contributed by atoms with Crippen LogP contribution in [0.15, 0.2) is 60.7 Å². The number of rotatable bonds is 5. The first-order valence-corrected chi connectivity index (χ1v) is 9.67. The van der Waals surface area contributed by atoms with E-state index in [2.05, 4.69) is 19.9 Å². The van der Waals surface area contributed by atoms with Gasteiger partial charge in [0.1, 0.15) is 11.5 Å².